The fourth-order valence-corrected chi connectivity index (χ4v) is 2.08. The lowest BCUT2D eigenvalue weighted by Crippen LogP contribution is -1.87. The molecule has 3 nitrogen and oxygen atoms in total. The number of imidazole rings is 1. The molecule has 0 aliphatic rings. The van der Waals surface area contributed by atoms with Crippen LogP contribution < -0.4 is 0 Å². The topological polar surface area (TPSA) is 41.6 Å². The van der Waals surface area contributed by atoms with Gasteiger partial charge in [-0.3, -0.25) is 4.98 Å². The first kappa shape index (κ1) is 10.3. The molecule has 0 radical (unpaired) electrons. The summed E-state index contributed by atoms with van der Waals surface area (Å²) in [6.07, 6.45) is 1.77. The standard InChI is InChI=1S/C13H10ClN3/c1-8-9(4-3-7-15-8)13-16-11-6-2-5-10(14)12(11)17-13/h2-7H,1H3,(H,16,17). The van der Waals surface area contributed by atoms with Crippen molar-refractivity contribution in [3.63, 3.8) is 0 Å². The Kier molecular flexibility index (Phi) is 2.34. The van der Waals surface area contributed by atoms with E-state index >= 15 is 0 Å². The second kappa shape index (κ2) is 3.86. The van der Waals surface area contributed by atoms with Gasteiger partial charge in [0.2, 0.25) is 0 Å². The molecule has 0 saturated carbocycles. The number of nitrogens with zero attached hydrogens (tertiary/aromatic N) is 2. The Bertz CT molecular complexity index is 688. The second-order valence-electron chi connectivity index (χ2n) is 3.86. The smallest absolute Gasteiger partial charge is 0.140 e. The van der Waals surface area contributed by atoms with Crippen LogP contribution in [0.5, 0.6) is 0 Å². The van der Waals surface area contributed by atoms with E-state index in [1.807, 2.05) is 37.3 Å². The normalized spacial score (nSPS) is 10.9. The molecular formula is C13H10ClN3. The minimum absolute atomic E-state index is 0.659. The number of nitrogens with one attached hydrogen (secondary N) is 1. The Labute approximate surface area is 103 Å². The summed E-state index contributed by atoms with van der Waals surface area (Å²) >= 11 is 6.10. The van der Waals surface area contributed by atoms with Gasteiger partial charge in [0, 0.05) is 17.5 Å². The van der Waals surface area contributed by atoms with Crippen molar-refractivity contribution in [1.29, 1.82) is 0 Å². The lowest BCUT2D eigenvalue weighted by atomic mass is 10.2. The summed E-state index contributed by atoms with van der Waals surface area (Å²) in [7, 11) is 0. The van der Waals surface area contributed by atoms with Crippen LogP contribution in [-0.4, -0.2) is 15.0 Å². The molecular weight excluding hydrogens is 234 g/mol. The fraction of sp³-hybridized carbons (Fsp3) is 0.0769. The minimum Gasteiger partial charge on any atom is -0.338 e. The molecule has 84 valence electrons. The molecule has 0 aliphatic heterocycles. The molecule has 0 spiro atoms. The molecule has 0 amide bonds. The number of rotatable bonds is 1. The van der Waals surface area contributed by atoms with Crippen LogP contribution in [0.25, 0.3) is 22.4 Å². The van der Waals surface area contributed by atoms with Crippen molar-refractivity contribution in [2.24, 2.45) is 0 Å². The highest BCUT2D eigenvalue weighted by Gasteiger charge is 2.09. The summed E-state index contributed by atoms with van der Waals surface area (Å²) in [5, 5.41) is 0.659. The number of hydrogen-bond acceptors (Lipinski definition) is 2. The van der Waals surface area contributed by atoms with Crippen molar-refractivity contribution in [2.75, 3.05) is 0 Å². The fourth-order valence-electron chi connectivity index (χ4n) is 1.86. The Balaban J connectivity index is 2.26. The maximum atomic E-state index is 6.10. The quantitative estimate of drug-likeness (QED) is 0.710. The molecule has 0 fully saturated rings. The van der Waals surface area contributed by atoms with E-state index in [1.165, 1.54) is 0 Å². The predicted octanol–water partition coefficient (Wildman–Crippen LogP) is 3.59. The number of pyridine rings is 1. The molecule has 1 N–H and O–H groups in total. The van der Waals surface area contributed by atoms with Gasteiger partial charge in [-0.2, -0.15) is 0 Å². The van der Waals surface area contributed by atoms with Crippen LogP contribution in [0, 0.1) is 6.92 Å². The number of aromatic nitrogens is 3. The van der Waals surface area contributed by atoms with Crippen molar-refractivity contribution in [2.45, 2.75) is 6.92 Å². The number of hydrogen-bond donors (Lipinski definition) is 1. The largest absolute Gasteiger partial charge is 0.338 e. The zero-order chi connectivity index (χ0) is 11.8. The van der Waals surface area contributed by atoms with E-state index in [1.54, 1.807) is 6.20 Å². The van der Waals surface area contributed by atoms with Crippen LogP contribution in [0.4, 0.5) is 0 Å². The summed E-state index contributed by atoms with van der Waals surface area (Å²) in [4.78, 5) is 12.0. The average molecular weight is 244 g/mol. The van der Waals surface area contributed by atoms with Gasteiger partial charge in [0.05, 0.1) is 10.5 Å². The SMILES string of the molecule is Cc1ncccc1-c1nc2c(Cl)cccc2[nH]1. The number of benzene rings is 1. The van der Waals surface area contributed by atoms with Crippen LogP contribution >= 0.6 is 11.6 Å². The first-order valence-corrected chi connectivity index (χ1v) is 5.70. The van der Waals surface area contributed by atoms with Gasteiger partial charge < -0.3 is 4.98 Å². The zero-order valence-electron chi connectivity index (χ0n) is 9.24. The summed E-state index contributed by atoms with van der Waals surface area (Å²) in [6.45, 7) is 1.96. The maximum Gasteiger partial charge on any atom is 0.140 e. The van der Waals surface area contributed by atoms with Crippen molar-refractivity contribution in [3.05, 3.63) is 47.2 Å². The molecule has 3 aromatic rings. The lowest BCUT2D eigenvalue weighted by molar-refractivity contribution is 1.18. The second-order valence-corrected chi connectivity index (χ2v) is 4.26. The van der Waals surface area contributed by atoms with Crippen LogP contribution in [0.1, 0.15) is 5.69 Å². The summed E-state index contributed by atoms with van der Waals surface area (Å²) in [6, 6.07) is 9.60. The summed E-state index contributed by atoms with van der Waals surface area (Å²) < 4.78 is 0. The minimum atomic E-state index is 0.659. The van der Waals surface area contributed by atoms with E-state index in [4.69, 9.17) is 11.6 Å². The van der Waals surface area contributed by atoms with E-state index in [-0.39, 0.29) is 0 Å². The number of halogens is 1. The van der Waals surface area contributed by atoms with Gasteiger partial charge in [-0.25, -0.2) is 4.98 Å². The predicted molar refractivity (Wildman–Crippen MR) is 69.1 cm³/mol. The first-order chi connectivity index (χ1) is 8.25. The van der Waals surface area contributed by atoms with Gasteiger partial charge in [0.1, 0.15) is 11.3 Å². The Morgan fingerprint density at radius 2 is 2.06 bits per heavy atom. The zero-order valence-corrected chi connectivity index (χ0v) is 9.99. The van der Waals surface area contributed by atoms with E-state index in [0.717, 1.165) is 28.1 Å². The molecule has 0 aliphatic carbocycles. The average Bonchev–Trinajstić information content (AvgIpc) is 2.75. The van der Waals surface area contributed by atoms with Gasteiger partial charge in [-0.05, 0) is 31.2 Å². The van der Waals surface area contributed by atoms with Gasteiger partial charge in [-0.15, -0.1) is 0 Å². The molecule has 0 unspecified atom stereocenters. The van der Waals surface area contributed by atoms with Gasteiger partial charge >= 0.3 is 0 Å². The molecule has 0 saturated heterocycles. The van der Waals surface area contributed by atoms with Crippen molar-refractivity contribution < 1.29 is 0 Å². The number of para-hydroxylation sites is 1. The van der Waals surface area contributed by atoms with E-state index in [0.29, 0.717) is 5.02 Å². The number of aryl methyl sites for hydroxylation is 1. The van der Waals surface area contributed by atoms with Crippen molar-refractivity contribution >= 4 is 22.6 Å². The third-order valence-corrected chi connectivity index (χ3v) is 3.03. The van der Waals surface area contributed by atoms with E-state index < -0.39 is 0 Å². The lowest BCUT2D eigenvalue weighted by Gasteiger charge is -1.99. The van der Waals surface area contributed by atoms with Crippen molar-refractivity contribution in [1.82, 2.24) is 15.0 Å². The molecule has 4 heteroatoms. The highest BCUT2D eigenvalue weighted by Crippen LogP contribution is 2.26. The molecule has 1 aromatic carbocycles. The molecule has 0 bridgehead atoms. The van der Waals surface area contributed by atoms with Crippen molar-refractivity contribution in [3.8, 4) is 11.4 Å². The third-order valence-electron chi connectivity index (χ3n) is 2.73. The number of H-pyrrole nitrogens is 1. The molecule has 17 heavy (non-hydrogen) atoms. The van der Waals surface area contributed by atoms with Gasteiger partial charge in [0.15, 0.2) is 0 Å². The highest BCUT2D eigenvalue weighted by atomic mass is 35.5. The van der Waals surface area contributed by atoms with Crippen LogP contribution in [0.2, 0.25) is 5.02 Å². The Morgan fingerprint density at radius 3 is 2.82 bits per heavy atom. The molecule has 0 atom stereocenters. The Hall–Kier alpha value is -1.87. The number of aromatic amines is 1. The van der Waals surface area contributed by atoms with Crippen LogP contribution in [0.3, 0.4) is 0 Å². The molecule has 2 heterocycles. The maximum absolute atomic E-state index is 6.10. The van der Waals surface area contributed by atoms with Gasteiger partial charge in [-0.1, -0.05) is 17.7 Å². The Morgan fingerprint density at radius 1 is 1.18 bits per heavy atom. The first-order valence-electron chi connectivity index (χ1n) is 5.32. The van der Waals surface area contributed by atoms with Crippen LogP contribution in [0.15, 0.2) is 36.5 Å². The van der Waals surface area contributed by atoms with E-state index in [2.05, 4.69) is 15.0 Å². The molecule has 2 aromatic heterocycles. The van der Waals surface area contributed by atoms with E-state index in [9.17, 15) is 0 Å². The monoisotopic (exact) mass is 243 g/mol. The summed E-state index contributed by atoms with van der Waals surface area (Å²) in [5.41, 5.74) is 3.69. The highest BCUT2D eigenvalue weighted by molar-refractivity contribution is 6.34. The summed E-state index contributed by atoms with van der Waals surface area (Å²) in [5.74, 6) is 0.804. The number of fused-ring (bicyclic) bond motifs is 1. The molecule has 3 rings (SSSR count). The van der Waals surface area contributed by atoms with Crippen LogP contribution in [-0.2, 0) is 0 Å². The third kappa shape index (κ3) is 1.68. The van der Waals surface area contributed by atoms with Gasteiger partial charge in [0.25, 0.3) is 0 Å².